The molecule has 0 bridgehead atoms. The second-order valence-electron chi connectivity index (χ2n) is 6.90. The van der Waals surface area contributed by atoms with Crippen molar-refractivity contribution in [3.8, 4) is 0 Å². The molecule has 8 heteroatoms. The lowest BCUT2D eigenvalue weighted by Gasteiger charge is -2.22. The fraction of sp³-hybridized carbons (Fsp3) is 0.381. The highest BCUT2D eigenvalue weighted by Crippen LogP contribution is 2.17. The van der Waals surface area contributed by atoms with Crippen LogP contribution in [0.1, 0.15) is 41.6 Å². The Balaban J connectivity index is 0.00000210. The van der Waals surface area contributed by atoms with Gasteiger partial charge in [-0.1, -0.05) is 12.1 Å². The van der Waals surface area contributed by atoms with Crippen LogP contribution >= 0.6 is 24.8 Å². The Bertz CT molecular complexity index is 768. The molecule has 0 atom stereocenters. The summed E-state index contributed by atoms with van der Waals surface area (Å²) in [6.45, 7) is 2.58. The van der Waals surface area contributed by atoms with E-state index in [4.69, 9.17) is 0 Å². The molecule has 1 aromatic heterocycles. The molecule has 1 aliphatic heterocycles. The van der Waals surface area contributed by atoms with E-state index in [1.54, 1.807) is 24.5 Å². The summed E-state index contributed by atoms with van der Waals surface area (Å²) < 4.78 is 0. The van der Waals surface area contributed by atoms with Crippen LogP contribution in [0.25, 0.3) is 0 Å². The highest BCUT2D eigenvalue weighted by atomic mass is 35.5. The van der Waals surface area contributed by atoms with Crippen molar-refractivity contribution in [2.24, 2.45) is 5.92 Å². The lowest BCUT2D eigenvalue weighted by molar-refractivity contribution is -0.121. The molecule has 2 heterocycles. The van der Waals surface area contributed by atoms with Gasteiger partial charge in [-0.2, -0.15) is 0 Å². The molecule has 158 valence electrons. The van der Waals surface area contributed by atoms with Gasteiger partial charge in [0.1, 0.15) is 0 Å². The van der Waals surface area contributed by atoms with Crippen molar-refractivity contribution in [3.63, 3.8) is 0 Å². The van der Waals surface area contributed by atoms with E-state index in [-0.39, 0.29) is 36.6 Å². The number of rotatable bonds is 7. The van der Waals surface area contributed by atoms with Gasteiger partial charge in [-0.05, 0) is 68.1 Å². The third kappa shape index (κ3) is 8.40. The largest absolute Gasteiger partial charge is 0.352 e. The number of nitrogens with one attached hydrogen (secondary N) is 3. The van der Waals surface area contributed by atoms with Crippen molar-refractivity contribution in [3.05, 3.63) is 59.9 Å². The molecular formula is C21H28Cl2N4O2. The number of pyridine rings is 1. The summed E-state index contributed by atoms with van der Waals surface area (Å²) in [5, 5.41) is 9.19. The number of anilines is 1. The number of halogens is 2. The molecule has 0 aliphatic carbocycles. The average molecular weight is 439 g/mol. The summed E-state index contributed by atoms with van der Waals surface area (Å²) in [7, 11) is 0. The third-order valence-electron chi connectivity index (χ3n) is 4.86. The summed E-state index contributed by atoms with van der Waals surface area (Å²) in [6.07, 6.45) is 7.02. The number of benzene rings is 1. The molecule has 2 amide bonds. The molecule has 29 heavy (non-hydrogen) atoms. The number of hydrogen-bond donors (Lipinski definition) is 3. The Morgan fingerprint density at radius 3 is 2.52 bits per heavy atom. The molecule has 3 N–H and O–H groups in total. The van der Waals surface area contributed by atoms with Crippen LogP contribution in [0, 0.1) is 5.92 Å². The van der Waals surface area contributed by atoms with Crippen molar-refractivity contribution in [1.29, 1.82) is 0 Å². The van der Waals surface area contributed by atoms with Gasteiger partial charge in [0.15, 0.2) is 0 Å². The Hall–Kier alpha value is -2.15. The predicted octanol–water partition coefficient (Wildman–Crippen LogP) is 3.57. The van der Waals surface area contributed by atoms with Gasteiger partial charge < -0.3 is 16.0 Å². The third-order valence-corrected chi connectivity index (χ3v) is 4.86. The normalized spacial score (nSPS) is 13.5. The van der Waals surface area contributed by atoms with Crippen LogP contribution in [0.2, 0.25) is 0 Å². The first-order valence-electron chi connectivity index (χ1n) is 9.48. The minimum Gasteiger partial charge on any atom is -0.352 e. The van der Waals surface area contributed by atoms with E-state index >= 15 is 0 Å². The molecule has 3 rings (SSSR count). The van der Waals surface area contributed by atoms with Gasteiger partial charge >= 0.3 is 0 Å². The first-order chi connectivity index (χ1) is 13.2. The van der Waals surface area contributed by atoms with E-state index in [0.29, 0.717) is 30.1 Å². The zero-order chi connectivity index (χ0) is 18.9. The Labute approximate surface area is 184 Å². The number of amides is 2. The Morgan fingerprint density at radius 2 is 1.79 bits per heavy atom. The number of piperidine rings is 1. The zero-order valence-electron chi connectivity index (χ0n) is 16.2. The van der Waals surface area contributed by atoms with Crippen LogP contribution in [0.5, 0.6) is 0 Å². The fourth-order valence-electron chi connectivity index (χ4n) is 3.26. The van der Waals surface area contributed by atoms with Crippen LogP contribution in [0.3, 0.4) is 0 Å². The molecule has 1 fully saturated rings. The Kier molecular flexibility index (Phi) is 11.3. The quantitative estimate of drug-likeness (QED) is 0.616. The van der Waals surface area contributed by atoms with Crippen molar-refractivity contribution in [2.75, 3.05) is 18.4 Å². The van der Waals surface area contributed by atoms with E-state index in [2.05, 4.69) is 20.9 Å². The van der Waals surface area contributed by atoms with Gasteiger partial charge in [-0.3, -0.25) is 14.6 Å². The second kappa shape index (κ2) is 13.1. The monoisotopic (exact) mass is 438 g/mol. The fourth-order valence-corrected chi connectivity index (χ4v) is 3.26. The van der Waals surface area contributed by atoms with Crippen LogP contribution in [0.15, 0.2) is 48.8 Å². The van der Waals surface area contributed by atoms with Crippen molar-refractivity contribution in [1.82, 2.24) is 15.6 Å². The second-order valence-corrected chi connectivity index (χ2v) is 6.90. The van der Waals surface area contributed by atoms with Crippen LogP contribution < -0.4 is 16.0 Å². The van der Waals surface area contributed by atoms with Crippen LogP contribution in [0.4, 0.5) is 5.69 Å². The van der Waals surface area contributed by atoms with Gasteiger partial charge in [-0.15, -0.1) is 24.8 Å². The van der Waals surface area contributed by atoms with E-state index in [0.717, 1.165) is 37.9 Å². The maximum absolute atomic E-state index is 12.2. The van der Waals surface area contributed by atoms with Gasteiger partial charge in [0.05, 0.1) is 0 Å². The first kappa shape index (κ1) is 24.9. The van der Waals surface area contributed by atoms with Crippen molar-refractivity contribution < 1.29 is 9.59 Å². The molecule has 0 saturated carbocycles. The lowest BCUT2D eigenvalue weighted by Crippen LogP contribution is -2.29. The predicted molar refractivity (Wildman–Crippen MR) is 120 cm³/mol. The van der Waals surface area contributed by atoms with E-state index in [1.165, 1.54) is 0 Å². The summed E-state index contributed by atoms with van der Waals surface area (Å²) in [4.78, 5) is 28.2. The van der Waals surface area contributed by atoms with Gasteiger partial charge in [0.25, 0.3) is 5.91 Å². The number of carbonyl (C=O) groups is 2. The minimum absolute atomic E-state index is 0. The molecule has 1 aromatic carbocycles. The highest BCUT2D eigenvalue weighted by Gasteiger charge is 2.14. The molecule has 1 aliphatic rings. The van der Waals surface area contributed by atoms with Gasteiger partial charge in [0, 0.05) is 36.6 Å². The topological polar surface area (TPSA) is 83.1 Å². The number of aromatic nitrogens is 1. The zero-order valence-corrected chi connectivity index (χ0v) is 17.9. The van der Waals surface area contributed by atoms with Crippen LogP contribution in [-0.4, -0.2) is 29.9 Å². The number of hydrogen-bond acceptors (Lipinski definition) is 4. The molecule has 6 nitrogen and oxygen atoms in total. The molecule has 0 unspecified atom stereocenters. The smallest absolute Gasteiger partial charge is 0.255 e. The van der Waals surface area contributed by atoms with Crippen molar-refractivity contribution >= 4 is 42.3 Å². The molecule has 0 spiro atoms. The first-order valence-corrected chi connectivity index (χ1v) is 9.48. The summed E-state index contributed by atoms with van der Waals surface area (Å²) in [5.74, 6) is 0.559. The summed E-state index contributed by atoms with van der Waals surface area (Å²) >= 11 is 0. The van der Waals surface area contributed by atoms with Gasteiger partial charge in [0.2, 0.25) is 5.91 Å². The van der Waals surface area contributed by atoms with E-state index < -0.39 is 0 Å². The SMILES string of the molecule is Cl.Cl.O=C(CCC1CCNCC1)NCc1cccc(NC(=O)c2ccncc2)c1. The highest BCUT2D eigenvalue weighted by molar-refractivity contribution is 6.04. The molecular weight excluding hydrogens is 411 g/mol. The number of nitrogens with zero attached hydrogens (tertiary/aromatic N) is 1. The number of carbonyl (C=O) groups excluding carboxylic acids is 2. The van der Waals surface area contributed by atoms with E-state index in [1.807, 2.05) is 24.3 Å². The molecule has 0 radical (unpaired) electrons. The molecule has 2 aromatic rings. The summed E-state index contributed by atoms with van der Waals surface area (Å²) in [5.41, 5.74) is 2.22. The molecule has 1 saturated heterocycles. The van der Waals surface area contributed by atoms with E-state index in [9.17, 15) is 9.59 Å². The van der Waals surface area contributed by atoms with Crippen LogP contribution in [-0.2, 0) is 11.3 Å². The maximum Gasteiger partial charge on any atom is 0.255 e. The van der Waals surface area contributed by atoms with Gasteiger partial charge in [-0.25, -0.2) is 0 Å². The maximum atomic E-state index is 12.2. The summed E-state index contributed by atoms with van der Waals surface area (Å²) in [6, 6.07) is 10.9. The lowest BCUT2D eigenvalue weighted by atomic mass is 9.93. The van der Waals surface area contributed by atoms with Crippen molar-refractivity contribution in [2.45, 2.75) is 32.2 Å². The Morgan fingerprint density at radius 1 is 1.07 bits per heavy atom. The standard InChI is InChI=1S/C21H26N4O2.2ClH/c26-20(5-4-16-6-10-22-11-7-16)24-15-17-2-1-3-19(14-17)25-21(27)18-8-12-23-13-9-18;;/h1-3,8-9,12-14,16,22H,4-7,10-11,15H2,(H,24,26)(H,25,27);2*1H. The minimum atomic E-state index is -0.180. The average Bonchev–Trinajstić information content (AvgIpc) is 2.72.